The Morgan fingerprint density at radius 2 is 2.00 bits per heavy atom. The number of aromatic nitrogens is 2. The summed E-state index contributed by atoms with van der Waals surface area (Å²) in [6.07, 6.45) is -3.96. The van der Waals surface area contributed by atoms with E-state index < -0.39 is 52.2 Å². The number of fused-ring (bicyclic) bond motifs is 1. The molecule has 2 aliphatic rings. The van der Waals surface area contributed by atoms with Gasteiger partial charge in [-0.3, -0.25) is 9.13 Å². The molecule has 27 heavy (non-hydrogen) atoms. The van der Waals surface area contributed by atoms with Crippen LogP contribution >= 0.6 is 15.2 Å². The molecule has 1 aromatic heterocycles. The molecule has 2 aliphatic heterocycles. The molecular formula is C11H19N5O9P2. The molecule has 3 heterocycles. The number of aliphatic hydroxyl groups is 2. The van der Waals surface area contributed by atoms with Crippen LogP contribution in [0.5, 0.6) is 0 Å². The van der Waals surface area contributed by atoms with Crippen LogP contribution in [0.2, 0.25) is 0 Å². The van der Waals surface area contributed by atoms with Crippen LogP contribution in [0.4, 0.5) is 17.3 Å². The van der Waals surface area contributed by atoms with E-state index in [1.54, 1.807) is 0 Å². The van der Waals surface area contributed by atoms with Gasteiger partial charge >= 0.3 is 15.2 Å². The summed E-state index contributed by atoms with van der Waals surface area (Å²) in [5.74, 6) is -0.835. The fourth-order valence-electron chi connectivity index (χ4n) is 2.81. The van der Waals surface area contributed by atoms with E-state index in [0.29, 0.717) is 11.5 Å². The minimum atomic E-state index is -4.78. The third-order valence-corrected chi connectivity index (χ3v) is 7.46. The van der Waals surface area contributed by atoms with Crippen molar-refractivity contribution in [1.29, 1.82) is 0 Å². The summed E-state index contributed by atoms with van der Waals surface area (Å²) in [4.78, 5) is 36.4. The van der Waals surface area contributed by atoms with E-state index in [4.69, 9.17) is 20.3 Å². The van der Waals surface area contributed by atoms with Gasteiger partial charge in [-0.25, -0.2) is 9.97 Å². The molecule has 1 aromatic rings. The largest absolute Gasteiger partial charge is 0.387 e. The average Bonchev–Trinajstić information content (AvgIpc) is 3.07. The summed E-state index contributed by atoms with van der Waals surface area (Å²) in [7, 11) is -9.40. The highest BCUT2D eigenvalue weighted by Crippen LogP contribution is 2.55. The molecule has 14 nitrogen and oxygen atoms in total. The third-order valence-electron chi connectivity index (χ3n) is 4.00. The molecule has 5 atom stereocenters. The van der Waals surface area contributed by atoms with Crippen molar-refractivity contribution in [3.8, 4) is 0 Å². The van der Waals surface area contributed by atoms with Crippen LogP contribution in [0.1, 0.15) is 0 Å². The molecule has 0 saturated carbocycles. The number of rotatable bonds is 6. The first-order chi connectivity index (χ1) is 12.5. The van der Waals surface area contributed by atoms with Gasteiger partial charge in [0.2, 0.25) is 0 Å². The van der Waals surface area contributed by atoms with Gasteiger partial charge in [-0.1, -0.05) is 0 Å². The van der Waals surface area contributed by atoms with E-state index in [2.05, 4.69) is 19.8 Å². The second-order valence-electron chi connectivity index (χ2n) is 6.05. The Kier molecular flexibility index (Phi) is 5.47. The Balaban J connectivity index is 1.68. The zero-order chi connectivity index (χ0) is 20.0. The molecule has 152 valence electrons. The van der Waals surface area contributed by atoms with Gasteiger partial charge in [0.1, 0.15) is 30.3 Å². The van der Waals surface area contributed by atoms with E-state index in [1.165, 1.54) is 11.2 Å². The second-order valence-corrected chi connectivity index (χ2v) is 10.0. The average molecular weight is 427 g/mol. The summed E-state index contributed by atoms with van der Waals surface area (Å²) >= 11 is 0. The number of hydrogen-bond donors (Lipinski definition) is 7. The van der Waals surface area contributed by atoms with Crippen LogP contribution in [0.15, 0.2) is 6.33 Å². The molecule has 0 radical (unpaired) electrons. The minimum absolute atomic E-state index is 0.150. The maximum atomic E-state index is 11.7. The second kappa shape index (κ2) is 7.24. The number of anilines is 3. The lowest BCUT2D eigenvalue weighted by Gasteiger charge is -2.26. The van der Waals surface area contributed by atoms with Crippen LogP contribution in [-0.4, -0.2) is 78.6 Å². The number of nitrogens with one attached hydrogen (secondary N) is 1. The SMILES string of the molecule is Nc1ncnc2c1NCN2[C@@H]1O[C@H](COP(=O)(O)CP(=O)(O)O)[C@@H](O)[C@H]1O. The van der Waals surface area contributed by atoms with Crippen molar-refractivity contribution in [1.82, 2.24) is 9.97 Å². The van der Waals surface area contributed by atoms with Crippen molar-refractivity contribution in [2.75, 3.05) is 35.1 Å². The van der Waals surface area contributed by atoms with Crippen molar-refractivity contribution >= 4 is 32.5 Å². The van der Waals surface area contributed by atoms with E-state index in [-0.39, 0.29) is 12.5 Å². The molecule has 1 saturated heterocycles. The van der Waals surface area contributed by atoms with E-state index in [0.717, 1.165) is 0 Å². The first kappa shape index (κ1) is 20.4. The zero-order valence-corrected chi connectivity index (χ0v) is 15.5. The molecule has 1 unspecified atom stereocenters. The number of nitrogens with zero attached hydrogens (tertiary/aromatic N) is 3. The smallest absolute Gasteiger partial charge is 0.340 e. The fraction of sp³-hybridized carbons (Fsp3) is 0.636. The Morgan fingerprint density at radius 1 is 1.30 bits per heavy atom. The summed E-state index contributed by atoms with van der Waals surface area (Å²) in [5.41, 5.74) is 6.17. The van der Waals surface area contributed by atoms with E-state index in [1.807, 2.05) is 0 Å². The molecule has 0 aromatic carbocycles. The summed E-state index contributed by atoms with van der Waals surface area (Å²) in [5, 5.41) is 23.3. The summed E-state index contributed by atoms with van der Waals surface area (Å²) in [6.45, 7) is -0.514. The van der Waals surface area contributed by atoms with Gasteiger partial charge in [0.15, 0.2) is 23.8 Å². The lowest BCUT2D eigenvalue weighted by atomic mass is 10.1. The lowest BCUT2D eigenvalue weighted by Crippen LogP contribution is -2.44. The number of nitrogen functional groups attached to an aromatic ring is 1. The highest BCUT2D eigenvalue weighted by atomic mass is 31.2. The number of hydrogen-bond acceptors (Lipinski definition) is 11. The molecule has 0 aliphatic carbocycles. The van der Waals surface area contributed by atoms with Crippen molar-refractivity contribution in [3.05, 3.63) is 6.33 Å². The molecule has 8 N–H and O–H groups in total. The topological polar surface area (TPSA) is 221 Å². The van der Waals surface area contributed by atoms with Crippen molar-refractivity contribution in [3.63, 3.8) is 0 Å². The highest BCUT2D eigenvalue weighted by molar-refractivity contribution is 7.70. The Hall–Kier alpha value is -1.34. The number of aliphatic hydroxyl groups excluding tert-OH is 2. The molecular weight excluding hydrogens is 408 g/mol. The van der Waals surface area contributed by atoms with Gasteiger partial charge in [0.05, 0.1) is 13.3 Å². The van der Waals surface area contributed by atoms with Gasteiger partial charge in [-0.05, 0) is 0 Å². The lowest BCUT2D eigenvalue weighted by molar-refractivity contribution is -0.0178. The van der Waals surface area contributed by atoms with Crippen molar-refractivity contribution in [2.45, 2.75) is 24.5 Å². The van der Waals surface area contributed by atoms with Gasteiger partial charge in [-0.15, -0.1) is 0 Å². The first-order valence-corrected chi connectivity index (χ1v) is 11.2. The summed E-state index contributed by atoms with van der Waals surface area (Å²) < 4.78 is 32.7. The minimum Gasteiger partial charge on any atom is -0.387 e. The molecule has 0 amide bonds. The van der Waals surface area contributed by atoms with Crippen molar-refractivity contribution < 1.29 is 43.3 Å². The predicted octanol–water partition coefficient (Wildman–Crippen LogP) is -1.97. The molecule has 1 fully saturated rings. The summed E-state index contributed by atoms with van der Waals surface area (Å²) in [6, 6.07) is 0. The zero-order valence-electron chi connectivity index (χ0n) is 13.7. The fourth-order valence-corrected chi connectivity index (χ4v) is 5.38. The molecule has 16 heteroatoms. The molecule has 0 spiro atoms. The predicted molar refractivity (Wildman–Crippen MR) is 90.8 cm³/mol. The number of nitrogens with two attached hydrogens (primary N) is 1. The first-order valence-electron chi connectivity index (χ1n) is 7.62. The third kappa shape index (κ3) is 4.40. The molecule has 3 rings (SSSR count). The van der Waals surface area contributed by atoms with Crippen LogP contribution in [0.3, 0.4) is 0 Å². The Bertz CT molecular complexity index is 806. The monoisotopic (exact) mass is 427 g/mol. The number of ether oxygens (including phenoxy) is 1. The normalized spacial score (nSPS) is 30.0. The maximum absolute atomic E-state index is 11.7. The van der Waals surface area contributed by atoms with Crippen LogP contribution in [0, 0.1) is 0 Å². The van der Waals surface area contributed by atoms with E-state index >= 15 is 0 Å². The Morgan fingerprint density at radius 3 is 2.67 bits per heavy atom. The highest BCUT2D eigenvalue weighted by Gasteiger charge is 2.48. The van der Waals surface area contributed by atoms with Crippen LogP contribution in [0.25, 0.3) is 0 Å². The van der Waals surface area contributed by atoms with Gasteiger partial charge in [-0.2, -0.15) is 0 Å². The Labute approximate surface area is 152 Å². The standard InChI is InChI=1S/C11H19N5O9P2/c12-9-6-10(14-2-13-9)16(3-15-6)11-8(18)7(17)5(25-11)1-24-27(22,23)4-26(19,20)21/h2,5,7-8,11,15,17-18H,1,3-4H2,(H,22,23)(H2,12,13,14)(H2,19,20,21)/t5-,7-,8-,11-/m1/s1. The van der Waals surface area contributed by atoms with E-state index in [9.17, 15) is 24.2 Å². The van der Waals surface area contributed by atoms with Gasteiger partial charge in [0, 0.05) is 0 Å². The molecule has 0 bridgehead atoms. The maximum Gasteiger partial charge on any atom is 0.340 e. The van der Waals surface area contributed by atoms with Crippen molar-refractivity contribution in [2.24, 2.45) is 0 Å². The quantitative estimate of drug-likeness (QED) is 0.245. The van der Waals surface area contributed by atoms with Gasteiger partial charge in [0.25, 0.3) is 0 Å². The van der Waals surface area contributed by atoms with Gasteiger partial charge < -0.3 is 50.1 Å². The van der Waals surface area contributed by atoms with Crippen LogP contribution in [-0.2, 0) is 18.4 Å². The van der Waals surface area contributed by atoms with Crippen LogP contribution < -0.4 is 16.0 Å².